The van der Waals surface area contributed by atoms with Crippen LogP contribution in [0.4, 0.5) is 10.1 Å². The van der Waals surface area contributed by atoms with Gasteiger partial charge in [0.2, 0.25) is 0 Å². The van der Waals surface area contributed by atoms with Crippen LogP contribution >= 0.6 is 0 Å². The number of carbonyl (C=O) groups is 1. The number of carbonyl (C=O) groups excluding carboxylic acids is 1. The molecule has 2 aromatic rings. The van der Waals surface area contributed by atoms with Gasteiger partial charge >= 0.3 is 0 Å². The number of amides is 1. The van der Waals surface area contributed by atoms with Crippen molar-refractivity contribution >= 4 is 11.6 Å². The number of aromatic nitrogens is 1. The van der Waals surface area contributed by atoms with Gasteiger partial charge in [0.1, 0.15) is 11.5 Å². The molecule has 1 aromatic carbocycles. The number of nitrogen functional groups attached to an aromatic ring is 1. The van der Waals surface area contributed by atoms with E-state index in [-0.39, 0.29) is 23.5 Å². The van der Waals surface area contributed by atoms with Crippen molar-refractivity contribution in [2.75, 3.05) is 5.73 Å². The second kappa shape index (κ2) is 5.48. The molecule has 98 valence electrons. The molecule has 0 fully saturated rings. The number of nitrogens with zero attached hydrogens (tertiary/aromatic N) is 1. The number of nitrogens with one attached hydrogen (secondary N) is 1. The Morgan fingerprint density at radius 1 is 1.37 bits per heavy atom. The van der Waals surface area contributed by atoms with Gasteiger partial charge in [-0.2, -0.15) is 0 Å². The lowest BCUT2D eigenvalue weighted by molar-refractivity contribution is 0.0935. The lowest BCUT2D eigenvalue weighted by atomic mass is 10.1. The van der Waals surface area contributed by atoms with Crippen molar-refractivity contribution in [1.29, 1.82) is 0 Å². The van der Waals surface area contributed by atoms with E-state index < -0.39 is 0 Å². The Morgan fingerprint density at radius 2 is 2.16 bits per heavy atom. The predicted octanol–water partition coefficient (Wildman–Crippen LogP) is 2.29. The topological polar surface area (TPSA) is 68.0 Å². The number of rotatable bonds is 3. The smallest absolute Gasteiger partial charge is 0.270 e. The first-order valence-electron chi connectivity index (χ1n) is 5.84. The summed E-state index contributed by atoms with van der Waals surface area (Å²) >= 11 is 0. The molecule has 1 heterocycles. The van der Waals surface area contributed by atoms with Crippen LogP contribution in [0, 0.1) is 5.82 Å². The van der Waals surface area contributed by atoms with Crippen LogP contribution in [-0.4, -0.2) is 10.9 Å². The lowest BCUT2D eigenvalue weighted by Gasteiger charge is -2.14. The Morgan fingerprint density at radius 3 is 2.79 bits per heavy atom. The molecular weight excluding hydrogens is 245 g/mol. The third-order valence-corrected chi connectivity index (χ3v) is 2.72. The second-order valence-electron chi connectivity index (χ2n) is 4.23. The molecule has 4 nitrogen and oxygen atoms in total. The zero-order valence-corrected chi connectivity index (χ0v) is 10.4. The van der Waals surface area contributed by atoms with E-state index in [1.807, 2.05) is 0 Å². The van der Waals surface area contributed by atoms with Crippen LogP contribution in [-0.2, 0) is 0 Å². The number of pyridine rings is 1. The molecular formula is C14H14FN3O. The summed E-state index contributed by atoms with van der Waals surface area (Å²) in [4.78, 5) is 15.8. The summed E-state index contributed by atoms with van der Waals surface area (Å²) in [7, 11) is 0. The van der Waals surface area contributed by atoms with Crippen molar-refractivity contribution in [3.63, 3.8) is 0 Å². The van der Waals surface area contributed by atoms with Crippen LogP contribution in [0.25, 0.3) is 0 Å². The molecule has 0 bridgehead atoms. The molecule has 19 heavy (non-hydrogen) atoms. The number of anilines is 1. The summed E-state index contributed by atoms with van der Waals surface area (Å²) in [5, 5.41) is 2.75. The summed E-state index contributed by atoms with van der Waals surface area (Å²) < 4.78 is 13.1. The molecule has 0 saturated carbocycles. The minimum absolute atomic E-state index is 0.275. The largest absolute Gasteiger partial charge is 0.397 e. The first kappa shape index (κ1) is 13.0. The summed E-state index contributed by atoms with van der Waals surface area (Å²) in [6, 6.07) is 8.96. The van der Waals surface area contributed by atoms with Crippen molar-refractivity contribution < 1.29 is 9.18 Å². The predicted molar refractivity (Wildman–Crippen MR) is 70.9 cm³/mol. The van der Waals surface area contributed by atoms with Crippen LogP contribution in [0.5, 0.6) is 0 Å². The number of benzene rings is 1. The molecule has 0 aliphatic heterocycles. The maximum absolute atomic E-state index is 13.1. The van der Waals surface area contributed by atoms with Gasteiger partial charge in [0.25, 0.3) is 5.91 Å². The molecule has 1 atom stereocenters. The molecule has 1 unspecified atom stereocenters. The van der Waals surface area contributed by atoms with E-state index in [1.165, 1.54) is 18.3 Å². The van der Waals surface area contributed by atoms with Crippen LogP contribution < -0.4 is 11.1 Å². The van der Waals surface area contributed by atoms with Gasteiger partial charge in [-0.25, -0.2) is 9.37 Å². The maximum Gasteiger partial charge on any atom is 0.270 e. The monoisotopic (exact) mass is 259 g/mol. The number of nitrogens with two attached hydrogens (primary N) is 1. The van der Waals surface area contributed by atoms with Gasteiger partial charge in [-0.15, -0.1) is 0 Å². The molecule has 0 spiro atoms. The SMILES string of the molecule is CC(NC(=O)c1ccc(N)cn1)c1cccc(F)c1. The summed E-state index contributed by atoms with van der Waals surface area (Å²) in [5.41, 5.74) is 6.97. The van der Waals surface area contributed by atoms with E-state index in [9.17, 15) is 9.18 Å². The molecule has 5 heteroatoms. The fraction of sp³-hybridized carbons (Fsp3) is 0.143. The molecule has 0 radical (unpaired) electrons. The molecule has 0 saturated heterocycles. The van der Waals surface area contributed by atoms with E-state index in [1.54, 1.807) is 31.2 Å². The average molecular weight is 259 g/mol. The van der Waals surface area contributed by atoms with Gasteiger partial charge in [-0.3, -0.25) is 4.79 Å². The Balaban J connectivity index is 2.08. The molecule has 3 N–H and O–H groups in total. The van der Waals surface area contributed by atoms with Crippen LogP contribution in [0.15, 0.2) is 42.6 Å². The van der Waals surface area contributed by atoms with Crippen molar-refractivity contribution in [2.24, 2.45) is 0 Å². The standard InChI is InChI=1S/C14H14FN3O/c1-9(10-3-2-4-11(15)7-10)18-14(19)13-6-5-12(16)8-17-13/h2-9H,16H2,1H3,(H,18,19). The Kier molecular flexibility index (Phi) is 3.75. The van der Waals surface area contributed by atoms with Crippen molar-refractivity contribution in [3.8, 4) is 0 Å². The minimum atomic E-state index is -0.329. The van der Waals surface area contributed by atoms with E-state index >= 15 is 0 Å². The van der Waals surface area contributed by atoms with Gasteiger partial charge in [0.15, 0.2) is 0 Å². The molecule has 1 aromatic heterocycles. The summed E-state index contributed by atoms with van der Waals surface area (Å²) in [6.07, 6.45) is 1.42. The van der Waals surface area contributed by atoms with E-state index in [0.717, 1.165) is 0 Å². The highest BCUT2D eigenvalue weighted by atomic mass is 19.1. The lowest BCUT2D eigenvalue weighted by Crippen LogP contribution is -2.27. The first-order chi connectivity index (χ1) is 9.06. The highest BCUT2D eigenvalue weighted by Gasteiger charge is 2.12. The third kappa shape index (κ3) is 3.28. The number of hydrogen-bond donors (Lipinski definition) is 2. The second-order valence-corrected chi connectivity index (χ2v) is 4.23. The van der Waals surface area contributed by atoms with E-state index in [0.29, 0.717) is 11.3 Å². The molecule has 0 aliphatic carbocycles. The van der Waals surface area contributed by atoms with Gasteiger partial charge in [0, 0.05) is 0 Å². The highest BCUT2D eigenvalue weighted by Crippen LogP contribution is 2.14. The van der Waals surface area contributed by atoms with Crippen LogP contribution in [0.1, 0.15) is 29.0 Å². The Bertz CT molecular complexity index is 583. The van der Waals surface area contributed by atoms with Gasteiger partial charge < -0.3 is 11.1 Å². The summed E-state index contributed by atoms with van der Waals surface area (Å²) in [6.45, 7) is 1.78. The van der Waals surface area contributed by atoms with E-state index in [2.05, 4.69) is 10.3 Å². The quantitative estimate of drug-likeness (QED) is 0.888. The van der Waals surface area contributed by atoms with Crippen LogP contribution in [0.3, 0.4) is 0 Å². The van der Waals surface area contributed by atoms with Gasteiger partial charge in [0.05, 0.1) is 17.9 Å². The highest BCUT2D eigenvalue weighted by molar-refractivity contribution is 5.92. The Hall–Kier alpha value is -2.43. The normalized spacial score (nSPS) is 11.9. The summed E-state index contributed by atoms with van der Waals surface area (Å²) in [5.74, 6) is -0.652. The van der Waals surface area contributed by atoms with Crippen molar-refractivity contribution in [1.82, 2.24) is 10.3 Å². The fourth-order valence-electron chi connectivity index (χ4n) is 1.67. The maximum atomic E-state index is 13.1. The number of halogens is 1. The molecule has 2 rings (SSSR count). The third-order valence-electron chi connectivity index (χ3n) is 2.72. The zero-order chi connectivity index (χ0) is 13.8. The Labute approximate surface area is 110 Å². The first-order valence-corrected chi connectivity index (χ1v) is 5.84. The zero-order valence-electron chi connectivity index (χ0n) is 10.4. The van der Waals surface area contributed by atoms with Crippen molar-refractivity contribution in [3.05, 3.63) is 59.7 Å². The van der Waals surface area contributed by atoms with Crippen LogP contribution in [0.2, 0.25) is 0 Å². The minimum Gasteiger partial charge on any atom is -0.397 e. The molecule has 1 amide bonds. The number of hydrogen-bond acceptors (Lipinski definition) is 3. The fourth-order valence-corrected chi connectivity index (χ4v) is 1.67. The van der Waals surface area contributed by atoms with Gasteiger partial charge in [-0.05, 0) is 36.8 Å². The molecule has 0 aliphatic rings. The van der Waals surface area contributed by atoms with E-state index in [4.69, 9.17) is 5.73 Å². The average Bonchev–Trinajstić information content (AvgIpc) is 2.39. The van der Waals surface area contributed by atoms with Crippen molar-refractivity contribution in [2.45, 2.75) is 13.0 Å². The van der Waals surface area contributed by atoms with Gasteiger partial charge in [-0.1, -0.05) is 12.1 Å².